The average molecular weight is 379 g/mol. The molecule has 1 aromatic rings. The SMILES string of the molecule is O=C(O)CCC(=O)NC1CCN2C(=O)C(Cc3cccs3)NC(=O)C2C1. The molecule has 2 saturated heterocycles. The second kappa shape index (κ2) is 7.86. The molecule has 3 N–H and O–H groups in total. The van der Waals surface area contributed by atoms with Crippen LogP contribution in [0.25, 0.3) is 0 Å². The van der Waals surface area contributed by atoms with Gasteiger partial charge in [0, 0.05) is 30.3 Å². The van der Waals surface area contributed by atoms with E-state index in [1.54, 1.807) is 16.2 Å². The third kappa shape index (κ3) is 4.21. The van der Waals surface area contributed by atoms with Crippen LogP contribution in [0.1, 0.15) is 30.6 Å². The highest BCUT2D eigenvalue weighted by Gasteiger charge is 2.44. The number of piperidine rings is 1. The van der Waals surface area contributed by atoms with Crippen molar-refractivity contribution in [2.45, 2.75) is 50.2 Å². The number of hydrogen-bond acceptors (Lipinski definition) is 5. The zero-order valence-corrected chi connectivity index (χ0v) is 15.0. The molecule has 3 rings (SSSR count). The minimum absolute atomic E-state index is 0.0846. The normalized spacial score (nSPS) is 25.4. The molecule has 0 aromatic carbocycles. The Bertz CT molecular complexity index is 705. The number of aliphatic carboxylic acids is 1. The van der Waals surface area contributed by atoms with E-state index >= 15 is 0 Å². The van der Waals surface area contributed by atoms with Crippen LogP contribution in [-0.4, -0.2) is 58.4 Å². The van der Waals surface area contributed by atoms with Crippen molar-refractivity contribution in [3.8, 4) is 0 Å². The predicted molar refractivity (Wildman–Crippen MR) is 93.5 cm³/mol. The van der Waals surface area contributed by atoms with E-state index in [0.717, 1.165) is 4.88 Å². The lowest BCUT2D eigenvalue weighted by molar-refractivity contribution is -0.151. The third-order valence-electron chi connectivity index (χ3n) is 4.72. The van der Waals surface area contributed by atoms with Gasteiger partial charge < -0.3 is 20.6 Å². The maximum Gasteiger partial charge on any atom is 0.303 e. The Hall–Kier alpha value is -2.42. The summed E-state index contributed by atoms with van der Waals surface area (Å²) in [7, 11) is 0. The standard InChI is InChI=1S/C17H21N3O5S/c21-14(3-4-15(22)23)18-10-5-6-20-13(8-10)16(24)19-12(17(20)25)9-11-2-1-7-26-11/h1-2,7,10,12-13H,3-6,8-9H2,(H,18,21)(H,19,24)(H,22,23). The largest absolute Gasteiger partial charge is 0.481 e. The van der Waals surface area contributed by atoms with Gasteiger partial charge in [-0.3, -0.25) is 19.2 Å². The van der Waals surface area contributed by atoms with Crippen LogP contribution in [0, 0.1) is 0 Å². The molecule has 0 radical (unpaired) electrons. The first kappa shape index (κ1) is 18.4. The Morgan fingerprint density at radius 2 is 2.15 bits per heavy atom. The summed E-state index contributed by atoms with van der Waals surface area (Å²) < 4.78 is 0. The first-order valence-corrected chi connectivity index (χ1v) is 9.46. The summed E-state index contributed by atoms with van der Waals surface area (Å²) in [5.74, 6) is -1.65. The molecule has 0 saturated carbocycles. The van der Waals surface area contributed by atoms with Gasteiger partial charge in [-0.2, -0.15) is 0 Å². The molecule has 9 heteroatoms. The maximum absolute atomic E-state index is 12.7. The van der Waals surface area contributed by atoms with Crippen molar-refractivity contribution in [1.29, 1.82) is 0 Å². The quantitative estimate of drug-likeness (QED) is 0.650. The first-order chi connectivity index (χ1) is 12.4. The minimum Gasteiger partial charge on any atom is -0.481 e. The van der Waals surface area contributed by atoms with E-state index in [-0.39, 0.29) is 36.6 Å². The molecule has 0 spiro atoms. The van der Waals surface area contributed by atoms with Crippen LogP contribution in [0.2, 0.25) is 0 Å². The number of carboxylic acids is 1. The number of thiophene rings is 1. The number of nitrogens with zero attached hydrogens (tertiary/aromatic N) is 1. The van der Waals surface area contributed by atoms with Crippen LogP contribution in [0.15, 0.2) is 17.5 Å². The van der Waals surface area contributed by atoms with Gasteiger partial charge >= 0.3 is 5.97 Å². The van der Waals surface area contributed by atoms with Crippen LogP contribution in [-0.2, 0) is 25.6 Å². The van der Waals surface area contributed by atoms with Gasteiger partial charge in [0.1, 0.15) is 12.1 Å². The van der Waals surface area contributed by atoms with Crippen LogP contribution >= 0.6 is 11.3 Å². The molecule has 3 unspecified atom stereocenters. The predicted octanol–water partition coefficient (Wildman–Crippen LogP) is 0.130. The number of carbonyl (C=O) groups excluding carboxylic acids is 3. The van der Waals surface area contributed by atoms with E-state index in [4.69, 9.17) is 5.11 Å². The number of fused-ring (bicyclic) bond motifs is 1. The van der Waals surface area contributed by atoms with Crippen LogP contribution in [0.4, 0.5) is 0 Å². The monoisotopic (exact) mass is 379 g/mol. The lowest BCUT2D eigenvalue weighted by atomic mass is 9.92. The topological polar surface area (TPSA) is 116 Å². The highest BCUT2D eigenvalue weighted by atomic mass is 32.1. The van der Waals surface area contributed by atoms with Crippen molar-refractivity contribution < 1.29 is 24.3 Å². The van der Waals surface area contributed by atoms with Gasteiger partial charge in [-0.1, -0.05) is 6.07 Å². The number of hydrogen-bond donors (Lipinski definition) is 3. The Kier molecular flexibility index (Phi) is 5.55. The van der Waals surface area contributed by atoms with E-state index in [0.29, 0.717) is 25.8 Å². The van der Waals surface area contributed by atoms with E-state index in [1.165, 1.54) is 0 Å². The Morgan fingerprint density at radius 3 is 2.85 bits per heavy atom. The molecule has 8 nitrogen and oxygen atoms in total. The van der Waals surface area contributed by atoms with Gasteiger partial charge in [0.05, 0.1) is 6.42 Å². The molecule has 2 aliphatic heterocycles. The second-order valence-electron chi connectivity index (χ2n) is 6.57. The molecule has 26 heavy (non-hydrogen) atoms. The smallest absolute Gasteiger partial charge is 0.303 e. The molecular weight excluding hydrogens is 358 g/mol. The summed E-state index contributed by atoms with van der Waals surface area (Å²) in [6.45, 7) is 0.405. The Balaban J connectivity index is 1.57. The number of piperazine rings is 1. The average Bonchev–Trinajstić information content (AvgIpc) is 3.11. The molecular formula is C17H21N3O5S. The van der Waals surface area contributed by atoms with Gasteiger partial charge in [-0.15, -0.1) is 11.3 Å². The molecule has 2 aliphatic rings. The summed E-state index contributed by atoms with van der Waals surface area (Å²) in [5, 5.41) is 16.1. The van der Waals surface area contributed by atoms with Crippen LogP contribution in [0.3, 0.4) is 0 Å². The van der Waals surface area contributed by atoms with Gasteiger partial charge in [0.2, 0.25) is 17.7 Å². The number of rotatable bonds is 6. The number of carbonyl (C=O) groups is 4. The van der Waals surface area contributed by atoms with Crippen LogP contribution in [0.5, 0.6) is 0 Å². The lowest BCUT2D eigenvalue weighted by Crippen LogP contribution is -2.67. The van der Waals surface area contributed by atoms with Crippen molar-refractivity contribution in [3.05, 3.63) is 22.4 Å². The fourth-order valence-corrected chi connectivity index (χ4v) is 4.18. The van der Waals surface area contributed by atoms with E-state index in [2.05, 4.69) is 10.6 Å². The van der Waals surface area contributed by atoms with Gasteiger partial charge in [0.25, 0.3) is 0 Å². The highest BCUT2D eigenvalue weighted by Crippen LogP contribution is 2.24. The van der Waals surface area contributed by atoms with Crippen molar-refractivity contribution in [2.75, 3.05) is 6.54 Å². The van der Waals surface area contributed by atoms with Gasteiger partial charge in [0.15, 0.2) is 0 Å². The fourth-order valence-electron chi connectivity index (χ4n) is 3.43. The Morgan fingerprint density at radius 1 is 1.35 bits per heavy atom. The Labute approximate surface area is 154 Å². The molecule has 0 aliphatic carbocycles. The molecule has 140 valence electrons. The minimum atomic E-state index is -1.02. The summed E-state index contributed by atoms with van der Waals surface area (Å²) in [6.07, 6.45) is 1.08. The molecule has 3 heterocycles. The van der Waals surface area contributed by atoms with Gasteiger partial charge in [-0.25, -0.2) is 0 Å². The van der Waals surface area contributed by atoms with Crippen molar-refractivity contribution >= 4 is 35.0 Å². The maximum atomic E-state index is 12.7. The molecule has 0 bridgehead atoms. The molecule has 3 amide bonds. The summed E-state index contributed by atoms with van der Waals surface area (Å²) in [5.41, 5.74) is 0. The number of nitrogens with one attached hydrogen (secondary N) is 2. The summed E-state index contributed by atoms with van der Waals surface area (Å²) >= 11 is 1.55. The second-order valence-corrected chi connectivity index (χ2v) is 7.61. The summed E-state index contributed by atoms with van der Waals surface area (Å²) in [4.78, 5) is 50.1. The zero-order valence-electron chi connectivity index (χ0n) is 14.1. The lowest BCUT2D eigenvalue weighted by Gasteiger charge is -2.44. The summed E-state index contributed by atoms with van der Waals surface area (Å²) in [6, 6.07) is 2.50. The number of amides is 3. The number of carboxylic acid groups (broad SMARTS) is 1. The van der Waals surface area contributed by atoms with Crippen molar-refractivity contribution in [3.63, 3.8) is 0 Å². The van der Waals surface area contributed by atoms with Crippen molar-refractivity contribution in [1.82, 2.24) is 15.5 Å². The van der Waals surface area contributed by atoms with Gasteiger partial charge in [-0.05, 0) is 24.3 Å². The van der Waals surface area contributed by atoms with E-state index in [9.17, 15) is 19.2 Å². The molecule has 3 atom stereocenters. The highest BCUT2D eigenvalue weighted by molar-refractivity contribution is 7.09. The van der Waals surface area contributed by atoms with Crippen LogP contribution < -0.4 is 10.6 Å². The van der Waals surface area contributed by atoms with Crippen molar-refractivity contribution in [2.24, 2.45) is 0 Å². The third-order valence-corrected chi connectivity index (χ3v) is 5.62. The fraction of sp³-hybridized carbons (Fsp3) is 0.529. The zero-order chi connectivity index (χ0) is 18.7. The molecule has 1 aromatic heterocycles. The van der Waals surface area contributed by atoms with E-state index < -0.39 is 18.1 Å². The van der Waals surface area contributed by atoms with E-state index in [1.807, 2.05) is 17.5 Å². The first-order valence-electron chi connectivity index (χ1n) is 8.58. The molecule has 2 fully saturated rings.